The van der Waals surface area contributed by atoms with E-state index in [1.165, 1.54) is 0 Å². The van der Waals surface area contributed by atoms with Crippen molar-refractivity contribution < 1.29 is 9.26 Å². The fraction of sp³-hybridized carbons (Fsp3) is 0.267. The van der Waals surface area contributed by atoms with Crippen LogP contribution in [0, 0.1) is 0 Å². The maximum absolute atomic E-state index is 5.59. The largest absolute Gasteiger partial charge is 0.471 e. The second-order valence-corrected chi connectivity index (χ2v) is 4.49. The highest BCUT2D eigenvalue weighted by Crippen LogP contribution is 2.23. The van der Waals surface area contributed by atoms with Crippen molar-refractivity contribution in [3.63, 3.8) is 0 Å². The van der Waals surface area contributed by atoms with Gasteiger partial charge in [0.05, 0.1) is 6.04 Å². The van der Waals surface area contributed by atoms with Crippen LogP contribution in [0.1, 0.15) is 17.4 Å². The highest BCUT2D eigenvalue weighted by atomic mass is 16.5. The highest BCUT2D eigenvalue weighted by molar-refractivity contribution is 5.19. The average Bonchev–Trinajstić information content (AvgIpc) is 2.87. The average molecular weight is 258 g/mol. The summed E-state index contributed by atoms with van der Waals surface area (Å²) in [6.45, 7) is 4.27. The fourth-order valence-electron chi connectivity index (χ4n) is 1.79. The molecule has 0 aliphatic heterocycles. The van der Waals surface area contributed by atoms with Crippen LogP contribution in [0.5, 0.6) is 5.88 Å². The molecule has 100 valence electrons. The van der Waals surface area contributed by atoms with Gasteiger partial charge in [0.25, 0.3) is 5.88 Å². The van der Waals surface area contributed by atoms with Gasteiger partial charge in [-0.2, -0.15) is 0 Å². The SMILES string of the molecule is C=C[C@H](c1cc(OCc2ccccc2)no1)N(C)C. The van der Waals surface area contributed by atoms with Gasteiger partial charge in [0.1, 0.15) is 6.61 Å². The number of hydrogen-bond acceptors (Lipinski definition) is 4. The van der Waals surface area contributed by atoms with E-state index in [-0.39, 0.29) is 6.04 Å². The van der Waals surface area contributed by atoms with Crippen LogP contribution in [0.3, 0.4) is 0 Å². The number of aromatic nitrogens is 1. The van der Waals surface area contributed by atoms with Gasteiger partial charge in [-0.1, -0.05) is 36.4 Å². The molecular formula is C15H18N2O2. The molecule has 0 spiro atoms. The number of ether oxygens (including phenoxy) is 1. The lowest BCUT2D eigenvalue weighted by atomic mass is 10.2. The molecule has 0 saturated heterocycles. The van der Waals surface area contributed by atoms with Crippen LogP contribution in [0.25, 0.3) is 0 Å². The Bertz CT molecular complexity index is 520. The van der Waals surface area contributed by atoms with Gasteiger partial charge in [-0.3, -0.25) is 4.90 Å². The molecule has 0 aliphatic carbocycles. The van der Waals surface area contributed by atoms with Gasteiger partial charge in [-0.25, -0.2) is 0 Å². The standard InChI is InChI=1S/C15H18N2O2/c1-4-13(17(2)3)14-10-15(16-19-14)18-11-12-8-6-5-7-9-12/h4-10,13H,1,11H2,2-3H3/t13-/m1/s1. The molecule has 0 N–H and O–H groups in total. The van der Waals surface area contributed by atoms with Crippen molar-refractivity contribution in [1.29, 1.82) is 0 Å². The maximum Gasteiger partial charge on any atom is 0.254 e. The molecule has 1 aromatic carbocycles. The molecule has 1 atom stereocenters. The summed E-state index contributed by atoms with van der Waals surface area (Å²) in [5, 5.41) is 3.91. The molecule has 0 bridgehead atoms. The summed E-state index contributed by atoms with van der Waals surface area (Å²) < 4.78 is 10.9. The number of likely N-dealkylation sites (N-methyl/N-ethyl adjacent to an activating group) is 1. The molecule has 0 unspecified atom stereocenters. The summed E-state index contributed by atoms with van der Waals surface area (Å²) in [7, 11) is 3.92. The minimum absolute atomic E-state index is 0.00146. The van der Waals surface area contributed by atoms with Crippen molar-refractivity contribution in [2.75, 3.05) is 14.1 Å². The molecule has 4 heteroatoms. The molecule has 0 amide bonds. The van der Waals surface area contributed by atoms with Gasteiger partial charge >= 0.3 is 0 Å². The van der Waals surface area contributed by atoms with E-state index in [2.05, 4.69) is 11.7 Å². The minimum Gasteiger partial charge on any atom is -0.471 e. The molecule has 2 rings (SSSR count). The summed E-state index contributed by atoms with van der Waals surface area (Å²) >= 11 is 0. The van der Waals surface area contributed by atoms with Crippen LogP contribution in [-0.2, 0) is 6.61 Å². The Hall–Kier alpha value is -2.07. The first-order valence-electron chi connectivity index (χ1n) is 6.13. The van der Waals surface area contributed by atoms with Gasteiger partial charge in [0, 0.05) is 6.07 Å². The zero-order chi connectivity index (χ0) is 13.7. The molecule has 1 aromatic heterocycles. The van der Waals surface area contributed by atoms with Crippen molar-refractivity contribution in [3.8, 4) is 5.88 Å². The summed E-state index contributed by atoms with van der Waals surface area (Å²) in [5.41, 5.74) is 1.10. The third kappa shape index (κ3) is 3.45. The Morgan fingerprint density at radius 3 is 2.74 bits per heavy atom. The molecule has 0 aliphatic rings. The predicted octanol–water partition coefficient (Wildman–Crippen LogP) is 3.04. The van der Waals surface area contributed by atoms with Crippen molar-refractivity contribution >= 4 is 0 Å². The van der Waals surface area contributed by atoms with E-state index in [9.17, 15) is 0 Å². The van der Waals surface area contributed by atoms with E-state index < -0.39 is 0 Å². The van der Waals surface area contributed by atoms with Crippen molar-refractivity contribution in [2.24, 2.45) is 0 Å². The third-order valence-electron chi connectivity index (χ3n) is 2.81. The van der Waals surface area contributed by atoms with Gasteiger partial charge < -0.3 is 9.26 Å². The topological polar surface area (TPSA) is 38.5 Å². The normalized spacial score (nSPS) is 12.4. The zero-order valence-electron chi connectivity index (χ0n) is 11.2. The first-order chi connectivity index (χ1) is 9.20. The Labute approximate surface area is 113 Å². The molecule has 19 heavy (non-hydrogen) atoms. The van der Waals surface area contributed by atoms with E-state index >= 15 is 0 Å². The Morgan fingerprint density at radius 1 is 1.37 bits per heavy atom. The van der Waals surface area contributed by atoms with E-state index in [4.69, 9.17) is 9.26 Å². The van der Waals surface area contributed by atoms with Crippen molar-refractivity contribution in [2.45, 2.75) is 12.6 Å². The van der Waals surface area contributed by atoms with E-state index in [1.54, 1.807) is 6.07 Å². The monoisotopic (exact) mass is 258 g/mol. The fourth-order valence-corrected chi connectivity index (χ4v) is 1.79. The smallest absolute Gasteiger partial charge is 0.254 e. The number of benzene rings is 1. The molecule has 4 nitrogen and oxygen atoms in total. The summed E-state index contributed by atoms with van der Waals surface area (Å²) in [4.78, 5) is 1.99. The third-order valence-corrected chi connectivity index (χ3v) is 2.81. The van der Waals surface area contributed by atoms with Crippen LogP contribution >= 0.6 is 0 Å². The molecule has 1 heterocycles. The highest BCUT2D eigenvalue weighted by Gasteiger charge is 2.16. The molecule has 0 radical (unpaired) electrons. The van der Waals surface area contributed by atoms with Gasteiger partial charge in [-0.05, 0) is 24.8 Å². The summed E-state index contributed by atoms with van der Waals surface area (Å²) in [5.74, 6) is 1.22. The molecular weight excluding hydrogens is 240 g/mol. The quantitative estimate of drug-likeness (QED) is 0.746. The predicted molar refractivity (Wildman–Crippen MR) is 73.9 cm³/mol. The Kier molecular flexibility index (Phi) is 4.36. The lowest BCUT2D eigenvalue weighted by Gasteiger charge is -2.16. The van der Waals surface area contributed by atoms with E-state index in [1.807, 2.05) is 55.4 Å². The number of rotatable bonds is 6. The van der Waals surface area contributed by atoms with Crippen LogP contribution in [0.15, 0.2) is 53.6 Å². The molecule has 0 fully saturated rings. The van der Waals surface area contributed by atoms with Crippen LogP contribution < -0.4 is 4.74 Å². The first-order valence-corrected chi connectivity index (χ1v) is 6.13. The number of hydrogen-bond donors (Lipinski definition) is 0. The van der Waals surface area contributed by atoms with Gasteiger partial charge in [0.2, 0.25) is 0 Å². The zero-order valence-corrected chi connectivity index (χ0v) is 11.2. The Balaban J connectivity index is 1.99. The van der Waals surface area contributed by atoms with Crippen molar-refractivity contribution in [1.82, 2.24) is 10.1 Å². The Morgan fingerprint density at radius 2 is 2.11 bits per heavy atom. The summed E-state index contributed by atoms with van der Waals surface area (Å²) in [6.07, 6.45) is 1.81. The molecule has 0 saturated carbocycles. The summed E-state index contributed by atoms with van der Waals surface area (Å²) in [6, 6.07) is 11.8. The first kappa shape index (κ1) is 13.4. The second-order valence-electron chi connectivity index (χ2n) is 4.49. The van der Waals surface area contributed by atoms with Gasteiger partial charge in [-0.15, -0.1) is 6.58 Å². The number of nitrogens with zero attached hydrogens (tertiary/aromatic N) is 2. The van der Waals surface area contributed by atoms with E-state index in [0.29, 0.717) is 12.5 Å². The minimum atomic E-state index is 0.00146. The molecule has 2 aromatic rings. The van der Waals surface area contributed by atoms with E-state index in [0.717, 1.165) is 11.3 Å². The van der Waals surface area contributed by atoms with Gasteiger partial charge in [0.15, 0.2) is 5.76 Å². The lowest BCUT2D eigenvalue weighted by molar-refractivity contribution is 0.248. The van der Waals surface area contributed by atoms with Crippen LogP contribution in [-0.4, -0.2) is 24.2 Å². The maximum atomic E-state index is 5.59. The van der Waals surface area contributed by atoms with Crippen LogP contribution in [0.2, 0.25) is 0 Å². The van der Waals surface area contributed by atoms with Crippen LogP contribution in [0.4, 0.5) is 0 Å². The van der Waals surface area contributed by atoms with Crippen molar-refractivity contribution in [3.05, 3.63) is 60.4 Å². The second kappa shape index (κ2) is 6.20. The lowest BCUT2D eigenvalue weighted by Crippen LogP contribution is -2.16.